The Hall–Kier alpha value is -10.7. The molecule has 118 heavy (non-hydrogen) atoms. The smallest absolute Gasteiger partial charge is 0.305 e. The quantitative estimate of drug-likeness (QED) is 0.0161. The van der Waals surface area contributed by atoms with Crippen molar-refractivity contribution in [1.29, 1.82) is 0 Å². The SMILES string of the molecule is COC(=O)CCCCC(=O)N[C@@H](C)C(=O)C[C@@H](C)C(=O)Nc1cc(COc2cc3c(cc2OC)C(=O)N2c4ccccc4C[C@H]2C=N3)cc(CO[Si](C)(C)C(C)(C)C)c1.COC(=O)CCCCC(=O)N[C@@H](C)C(=O)C[C@@H](C)C(=O)Nc1cc(COc2cc3c(cc2OC)C(=O)N2c4ccccc4C[C@H]2C=N3)cc(CO[Si](C)(C)C(C)(C)C)c1. The van der Waals surface area contributed by atoms with E-state index in [4.69, 9.17) is 37.8 Å². The van der Waals surface area contributed by atoms with Crippen LogP contribution in [0.3, 0.4) is 0 Å². The molecular formula is C90H116N8O18Si2. The molecule has 0 bridgehead atoms. The molecule has 6 aromatic carbocycles. The highest BCUT2D eigenvalue weighted by atomic mass is 28.4. The van der Waals surface area contributed by atoms with Gasteiger partial charge in [0.25, 0.3) is 11.8 Å². The highest BCUT2D eigenvalue weighted by molar-refractivity contribution is 6.74. The van der Waals surface area contributed by atoms with E-state index in [1.807, 2.05) is 97.4 Å². The zero-order valence-electron chi connectivity index (χ0n) is 71.5. The summed E-state index contributed by atoms with van der Waals surface area (Å²) in [6.45, 7) is 29.1. The third-order valence-corrected chi connectivity index (χ3v) is 31.6. The van der Waals surface area contributed by atoms with Crippen molar-refractivity contribution in [1.82, 2.24) is 10.6 Å². The lowest BCUT2D eigenvalue weighted by Crippen LogP contribution is -2.40. The van der Waals surface area contributed by atoms with Crippen LogP contribution in [0, 0.1) is 11.8 Å². The van der Waals surface area contributed by atoms with Gasteiger partial charge in [0.05, 0.1) is 88.3 Å². The summed E-state index contributed by atoms with van der Waals surface area (Å²) < 4.78 is 46.5. The number of ether oxygens (including phenoxy) is 6. The number of para-hydroxylation sites is 2. The number of amides is 6. The summed E-state index contributed by atoms with van der Waals surface area (Å²) in [4.78, 5) is 141. The van der Waals surface area contributed by atoms with E-state index in [-0.39, 0.29) is 133 Å². The highest BCUT2D eigenvalue weighted by Crippen LogP contribution is 2.45. The van der Waals surface area contributed by atoms with Crippen LogP contribution in [0.25, 0.3) is 0 Å². The maximum atomic E-state index is 13.9. The molecule has 0 aromatic heterocycles. The summed E-state index contributed by atoms with van der Waals surface area (Å²) in [7, 11) is 1.42. The number of carbonyl (C=O) groups excluding carboxylic acids is 10. The Morgan fingerprint density at radius 3 is 1.16 bits per heavy atom. The highest BCUT2D eigenvalue weighted by Gasteiger charge is 2.41. The van der Waals surface area contributed by atoms with Crippen LogP contribution in [0.5, 0.6) is 23.0 Å². The third-order valence-electron chi connectivity index (χ3n) is 22.7. The van der Waals surface area contributed by atoms with Gasteiger partial charge in [-0.1, -0.05) is 91.8 Å². The molecule has 26 nitrogen and oxygen atoms in total. The summed E-state index contributed by atoms with van der Waals surface area (Å²) in [5, 5.41) is 11.3. The fraction of sp³-hybridized carbons (Fsp3) is 0.467. The van der Waals surface area contributed by atoms with Crippen LogP contribution in [-0.4, -0.2) is 141 Å². The molecule has 4 heterocycles. The van der Waals surface area contributed by atoms with E-state index in [0.717, 1.165) is 44.8 Å². The number of nitrogens with one attached hydrogen (secondary N) is 4. The van der Waals surface area contributed by atoms with Crippen LogP contribution in [-0.2, 0) is 96.0 Å². The summed E-state index contributed by atoms with van der Waals surface area (Å²) >= 11 is 0. The minimum absolute atomic E-state index is 0.0152. The van der Waals surface area contributed by atoms with E-state index in [9.17, 15) is 47.9 Å². The van der Waals surface area contributed by atoms with Gasteiger partial charge in [0.2, 0.25) is 23.6 Å². The largest absolute Gasteiger partial charge is 0.493 e. The predicted molar refractivity (Wildman–Crippen MR) is 460 cm³/mol. The molecule has 0 fully saturated rings. The second kappa shape index (κ2) is 40.2. The van der Waals surface area contributed by atoms with Crippen LogP contribution in [0.15, 0.2) is 119 Å². The van der Waals surface area contributed by atoms with Crippen molar-refractivity contribution >= 4 is 122 Å². The van der Waals surface area contributed by atoms with Crippen molar-refractivity contribution in [2.75, 3.05) is 48.9 Å². The van der Waals surface area contributed by atoms with Crippen LogP contribution in [0.1, 0.15) is 188 Å². The van der Waals surface area contributed by atoms with Crippen LogP contribution in [0.4, 0.5) is 34.1 Å². The van der Waals surface area contributed by atoms with Crippen LogP contribution < -0.4 is 50.0 Å². The molecule has 6 atom stereocenters. The molecule has 4 aliphatic rings. The second-order valence-corrected chi connectivity index (χ2v) is 43.4. The number of fused-ring (bicyclic) bond motifs is 8. The molecule has 28 heteroatoms. The Morgan fingerprint density at radius 2 is 0.814 bits per heavy atom. The van der Waals surface area contributed by atoms with Crippen LogP contribution in [0.2, 0.25) is 36.3 Å². The maximum Gasteiger partial charge on any atom is 0.305 e. The minimum atomic E-state index is -2.13. The number of hydrogen-bond donors (Lipinski definition) is 4. The Bertz CT molecular complexity index is 4480. The summed E-state index contributed by atoms with van der Waals surface area (Å²) in [5.74, 6) is -2.64. The van der Waals surface area contributed by atoms with Crippen molar-refractivity contribution < 1.29 is 85.2 Å². The second-order valence-electron chi connectivity index (χ2n) is 33.8. The molecule has 10 rings (SSSR count). The van der Waals surface area contributed by atoms with Crippen molar-refractivity contribution in [3.8, 4) is 23.0 Å². The van der Waals surface area contributed by atoms with Gasteiger partial charge in [-0.25, -0.2) is 0 Å². The number of ketones is 2. The number of esters is 2. The zero-order chi connectivity index (χ0) is 86.1. The van der Waals surface area contributed by atoms with Crippen molar-refractivity contribution in [3.63, 3.8) is 0 Å². The van der Waals surface area contributed by atoms with E-state index >= 15 is 0 Å². The Labute approximate surface area is 694 Å². The molecule has 0 aliphatic carbocycles. The molecular weight excluding hydrogens is 1540 g/mol. The first-order valence-electron chi connectivity index (χ1n) is 40.3. The molecule has 0 saturated heterocycles. The average Bonchev–Trinajstić information content (AvgIpc) is 1.61. The molecule has 0 unspecified atom stereocenters. The monoisotopic (exact) mass is 1650 g/mol. The van der Waals surface area contributed by atoms with Gasteiger partial charge in [-0.05, 0) is 170 Å². The number of carbonyl (C=O) groups is 10. The molecule has 6 aromatic rings. The Kier molecular flexibility index (Phi) is 31.1. The van der Waals surface area contributed by atoms with Gasteiger partial charge in [-0.3, -0.25) is 67.7 Å². The van der Waals surface area contributed by atoms with Crippen LogP contribution >= 0.6 is 0 Å². The van der Waals surface area contributed by atoms with E-state index in [0.29, 0.717) is 109 Å². The molecule has 4 N–H and O–H groups in total. The van der Waals surface area contributed by atoms with Gasteiger partial charge < -0.3 is 58.5 Å². The molecule has 0 saturated carbocycles. The molecule has 0 radical (unpaired) electrons. The topological polar surface area (TPSA) is 324 Å². The number of rotatable bonds is 36. The third kappa shape index (κ3) is 23.8. The average molecular weight is 1650 g/mol. The summed E-state index contributed by atoms with van der Waals surface area (Å²) in [6, 6.07) is 31.9. The van der Waals surface area contributed by atoms with Gasteiger partial charge >= 0.3 is 11.9 Å². The first-order chi connectivity index (χ1) is 55.8. The maximum absolute atomic E-state index is 13.9. The summed E-state index contributed by atoms with van der Waals surface area (Å²) in [5.41, 5.74) is 9.94. The first kappa shape index (κ1) is 91.2. The number of anilines is 4. The number of benzene rings is 6. The zero-order valence-corrected chi connectivity index (χ0v) is 73.5. The molecule has 632 valence electrons. The lowest BCUT2D eigenvalue weighted by molar-refractivity contribution is -0.141. The lowest BCUT2D eigenvalue weighted by Gasteiger charge is -2.36. The first-order valence-corrected chi connectivity index (χ1v) is 46.2. The minimum Gasteiger partial charge on any atom is -0.493 e. The number of methoxy groups -OCH3 is 4. The van der Waals surface area contributed by atoms with Gasteiger partial charge in [-0.2, -0.15) is 0 Å². The normalized spacial score (nSPS) is 15.6. The lowest BCUT2D eigenvalue weighted by atomic mass is 9.99. The predicted octanol–water partition coefficient (Wildman–Crippen LogP) is 15.7. The van der Waals surface area contributed by atoms with Gasteiger partial charge in [0.1, 0.15) is 13.2 Å². The van der Waals surface area contributed by atoms with Gasteiger partial charge in [-0.15, -0.1) is 0 Å². The number of Topliss-reactive ketones (excluding diaryl/α,β-unsaturated/α-hetero) is 2. The van der Waals surface area contributed by atoms with E-state index in [1.54, 1.807) is 61.8 Å². The van der Waals surface area contributed by atoms with Crippen molar-refractivity contribution in [3.05, 3.63) is 154 Å². The Morgan fingerprint density at radius 1 is 0.466 bits per heavy atom. The molecule has 0 spiro atoms. The number of unbranched alkanes of at least 4 members (excludes halogenated alkanes) is 2. The number of aliphatic imine (C=N–C) groups is 2. The van der Waals surface area contributed by atoms with E-state index in [1.165, 1.54) is 28.4 Å². The number of hydrogen-bond acceptors (Lipinski definition) is 20. The van der Waals surface area contributed by atoms with Gasteiger partial charge in [0, 0.05) is 111 Å². The Balaban J connectivity index is 0.000000269. The summed E-state index contributed by atoms with van der Waals surface area (Å²) in [6.07, 6.45) is 7.62. The molecule has 6 amide bonds. The fourth-order valence-electron chi connectivity index (χ4n) is 13.4. The van der Waals surface area contributed by atoms with Crippen molar-refractivity contribution in [2.24, 2.45) is 21.8 Å². The standard InChI is InChI=1S/2C45H58N4O9Si/c2*1-28(18-38(50)29(2)47-41(51)16-12-13-17-42(52)56-7)43(53)48-33-20-30(19-31(21-33)27-58-59(8,9)45(3,4)5)26-57-40-24-36-35(23-39(40)55-6)44(54)49-34(25-46-36)22-32-14-10-11-15-37(32)49/h2*10-11,14-15,19-21,23-25,28-29,34H,12-13,16-18,22,26-27H2,1-9H3,(H,47,51)(H,48,53)/t2*28-,29+,34+/m11/s1. The fourth-order valence-corrected chi connectivity index (χ4v) is 15.4. The van der Waals surface area contributed by atoms with Gasteiger partial charge in [0.15, 0.2) is 51.2 Å². The van der Waals surface area contributed by atoms with E-state index in [2.05, 4.69) is 98.5 Å². The van der Waals surface area contributed by atoms with Crippen molar-refractivity contribution in [2.45, 2.75) is 233 Å². The number of nitrogens with zero attached hydrogens (tertiary/aromatic N) is 4. The van der Waals surface area contributed by atoms with E-state index < -0.39 is 40.6 Å². The molecule has 4 aliphatic heterocycles.